The Hall–Kier alpha value is -2.22. The number of ether oxygens (including phenoxy) is 1. The van der Waals surface area contributed by atoms with Gasteiger partial charge in [-0.1, -0.05) is 18.2 Å². The second kappa shape index (κ2) is 9.31. The third kappa shape index (κ3) is 5.12. The highest BCUT2D eigenvalue weighted by Gasteiger charge is 2.21. The zero-order chi connectivity index (χ0) is 18.2. The van der Waals surface area contributed by atoms with Crippen molar-refractivity contribution in [3.8, 4) is 0 Å². The molecule has 6 nitrogen and oxygen atoms in total. The Morgan fingerprint density at radius 2 is 1.84 bits per heavy atom. The number of thiophene rings is 1. The molecule has 0 saturated heterocycles. The number of anilines is 1. The molecule has 2 aromatic rings. The van der Waals surface area contributed by atoms with Gasteiger partial charge < -0.3 is 20.5 Å². The molecule has 0 saturated carbocycles. The fourth-order valence-corrected chi connectivity index (χ4v) is 3.30. The molecule has 0 atom stereocenters. The summed E-state index contributed by atoms with van der Waals surface area (Å²) in [5, 5.41) is 14.8. The van der Waals surface area contributed by atoms with E-state index in [0.717, 1.165) is 10.4 Å². The molecule has 1 heterocycles. The van der Waals surface area contributed by atoms with E-state index in [2.05, 4.69) is 10.6 Å². The highest BCUT2D eigenvalue weighted by molar-refractivity contribution is 7.16. The molecule has 0 aliphatic rings. The van der Waals surface area contributed by atoms with Gasteiger partial charge in [-0.05, 0) is 31.5 Å². The van der Waals surface area contributed by atoms with Crippen LogP contribution in [-0.4, -0.2) is 43.3 Å². The van der Waals surface area contributed by atoms with Crippen molar-refractivity contribution in [3.05, 3.63) is 51.9 Å². The maximum atomic E-state index is 12.5. The fraction of sp³-hybridized carbons (Fsp3) is 0.333. The van der Waals surface area contributed by atoms with Crippen LogP contribution in [-0.2, 0) is 4.74 Å². The fourth-order valence-electron chi connectivity index (χ4n) is 2.24. The van der Waals surface area contributed by atoms with E-state index in [1.54, 1.807) is 24.3 Å². The minimum absolute atomic E-state index is 0.0492. The van der Waals surface area contributed by atoms with E-state index in [0.29, 0.717) is 29.3 Å². The minimum atomic E-state index is -0.252. The van der Waals surface area contributed by atoms with Crippen LogP contribution >= 0.6 is 11.3 Å². The van der Waals surface area contributed by atoms with Crippen LogP contribution in [0.5, 0.6) is 0 Å². The summed E-state index contributed by atoms with van der Waals surface area (Å²) in [4.78, 5) is 25.8. The summed E-state index contributed by atoms with van der Waals surface area (Å²) in [6, 6.07) is 8.87. The van der Waals surface area contributed by atoms with Gasteiger partial charge >= 0.3 is 0 Å². The monoisotopic (exact) mass is 362 g/mol. The number of carbonyl (C=O) groups is 2. The number of benzene rings is 1. The molecule has 0 radical (unpaired) electrons. The molecule has 2 amide bonds. The van der Waals surface area contributed by atoms with Crippen LogP contribution in [0.1, 0.15) is 31.2 Å². The zero-order valence-corrected chi connectivity index (χ0v) is 15.1. The lowest BCUT2D eigenvalue weighted by atomic mass is 10.1. The van der Waals surface area contributed by atoms with Gasteiger partial charge in [-0.15, -0.1) is 11.3 Å². The summed E-state index contributed by atoms with van der Waals surface area (Å²) in [5.41, 5.74) is 1.87. The number of carbonyl (C=O) groups excluding carboxylic acids is 2. The Bertz CT molecular complexity index is 728. The van der Waals surface area contributed by atoms with Crippen molar-refractivity contribution in [2.75, 3.05) is 31.7 Å². The Morgan fingerprint density at radius 1 is 1.12 bits per heavy atom. The van der Waals surface area contributed by atoms with Crippen LogP contribution < -0.4 is 10.6 Å². The van der Waals surface area contributed by atoms with Crippen molar-refractivity contribution >= 4 is 28.2 Å². The molecular formula is C18H22N2O4S. The maximum absolute atomic E-state index is 12.5. The quantitative estimate of drug-likeness (QED) is 0.629. The number of nitrogens with one attached hydrogen (secondary N) is 2. The van der Waals surface area contributed by atoms with Gasteiger partial charge in [0.25, 0.3) is 11.8 Å². The van der Waals surface area contributed by atoms with E-state index >= 15 is 0 Å². The maximum Gasteiger partial charge on any atom is 0.256 e. The van der Waals surface area contributed by atoms with Crippen LogP contribution in [0, 0.1) is 13.8 Å². The Balaban J connectivity index is 2.08. The number of hydrogen-bond acceptors (Lipinski definition) is 5. The number of hydrogen-bond donors (Lipinski definition) is 3. The van der Waals surface area contributed by atoms with Crippen molar-refractivity contribution in [2.24, 2.45) is 0 Å². The van der Waals surface area contributed by atoms with Crippen LogP contribution in [0.4, 0.5) is 5.00 Å². The van der Waals surface area contributed by atoms with Gasteiger partial charge in [-0.25, -0.2) is 0 Å². The number of amides is 2. The van der Waals surface area contributed by atoms with Gasteiger partial charge in [-0.2, -0.15) is 0 Å². The summed E-state index contributed by atoms with van der Waals surface area (Å²) in [6.07, 6.45) is 0. The van der Waals surface area contributed by atoms with Gasteiger partial charge in [0.05, 0.1) is 25.4 Å². The lowest BCUT2D eigenvalue weighted by Gasteiger charge is -2.09. The van der Waals surface area contributed by atoms with Crippen molar-refractivity contribution in [1.82, 2.24) is 5.32 Å². The molecule has 0 spiro atoms. The van der Waals surface area contributed by atoms with E-state index in [1.807, 2.05) is 19.9 Å². The molecule has 1 aromatic heterocycles. The second-order valence-corrected chi connectivity index (χ2v) is 6.62. The van der Waals surface area contributed by atoms with Crippen molar-refractivity contribution in [2.45, 2.75) is 13.8 Å². The van der Waals surface area contributed by atoms with Crippen LogP contribution in [0.15, 0.2) is 30.3 Å². The van der Waals surface area contributed by atoms with Gasteiger partial charge in [0.2, 0.25) is 0 Å². The average Bonchev–Trinajstić information content (AvgIpc) is 2.89. The first kappa shape index (κ1) is 19.1. The number of aliphatic hydroxyl groups is 1. The summed E-state index contributed by atoms with van der Waals surface area (Å²) >= 11 is 1.38. The average molecular weight is 362 g/mol. The minimum Gasteiger partial charge on any atom is -0.394 e. The third-order valence-electron chi connectivity index (χ3n) is 3.64. The third-order valence-corrected chi connectivity index (χ3v) is 4.77. The molecular weight excluding hydrogens is 340 g/mol. The number of aliphatic hydroxyl groups excluding tert-OH is 1. The highest BCUT2D eigenvalue weighted by atomic mass is 32.1. The molecule has 0 aliphatic heterocycles. The van der Waals surface area contributed by atoms with Gasteiger partial charge in [0.15, 0.2) is 0 Å². The Labute approximate surface area is 150 Å². The van der Waals surface area contributed by atoms with E-state index in [-0.39, 0.29) is 25.0 Å². The molecule has 0 aliphatic carbocycles. The van der Waals surface area contributed by atoms with Crippen molar-refractivity contribution in [3.63, 3.8) is 0 Å². The summed E-state index contributed by atoms with van der Waals surface area (Å²) in [6.45, 7) is 4.62. The molecule has 25 heavy (non-hydrogen) atoms. The first-order valence-corrected chi connectivity index (χ1v) is 8.79. The van der Waals surface area contributed by atoms with Crippen molar-refractivity contribution < 1.29 is 19.4 Å². The predicted octanol–water partition coefficient (Wildman–Crippen LogP) is 2.36. The molecule has 134 valence electrons. The molecule has 0 fully saturated rings. The molecule has 7 heteroatoms. The Morgan fingerprint density at radius 3 is 2.52 bits per heavy atom. The number of rotatable bonds is 8. The first-order valence-electron chi connectivity index (χ1n) is 7.97. The normalized spacial score (nSPS) is 10.5. The van der Waals surface area contributed by atoms with Crippen LogP contribution in [0.3, 0.4) is 0 Å². The van der Waals surface area contributed by atoms with E-state index in [4.69, 9.17) is 9.84 Å². The SMILES string of the molecule is Cc1sc(NC(=O)c2ccccc2)c(C(=O)NCCOCCO)c1C. The summed E-state index contributed by atoms with van der Waals surface area (Å²) < 4.78 is 5.13. The lowest BCUT2D eigenvalue weighted by molar-refractivity contribution is 0.0838. The molecule has 3 N–H and O–H groups in total. The second-order valence-electron chi connectivity index (χ2n) is 5.40. The molecule has 2 rings (SSSR count). The summed E-state index contributed by atoms with van der Waals surface area (Å²) in [5.74, 6) is -0.500. The topological polar surface area (TPSA) is 87.7 Å². The van der Waals surface area contributed by atoms with Gasteiger partial charge in [0, 0.05) is 17.0 Å². The van der Waals surface area contributed by atoms with Crippen molar-refractivity contribution in [1.29, 1.82) is 0 Å². The summed E-state index contributed by atoms with van der Waals surface area (Å²) in [7, 11) is 0. The van der Waals surface area contributed by atoms with Crippen LogP contribution in [0.2, 0.25) is 0 Å². The Kier molecular flexibility index (Phi) is 7.12. The van der Waals surface area contributed by atoms with Crippen LogP contribution in [0.25, 0.3) is 0 Å². The molecule has 0 bridgehead atoms. The zero-order valence-electron chi connectivity index (χ0n) is 14.3. The lowest BCUT2D eigenvalue weighted by Crippen LogP contribution is -2.28. The standard InChI is InChI=1S/C18H22N2O4S/c1-12-13(2)25-18(20-16(22)14-6-4-3-5-7-14)15(12)17(23)19-8-10-24-11-9-21/h3-7,21H,8-11H2,1-2H3,(H,19,23)(H,20,22). The largest absolute Gasteiger partial charge is 0.394 e. The molecule has 0 unspecified atom stereocenters. The number of aryl methyl sites for hydroxylation is 1. The predicted molar refractivity (Wildman–Crippen MR) is 98.4 cm³/mol. The highest BCUT2D eigenvalue weighted by Crippen LogP contribution is 2.32. The van der Waals surface area contributed by atoms with Gasteiger partial charge in [0.1, 0.15) is 5.00 Å². The van der Waals surface area contributed by atoms with Gasteiger partial charge in [-0.3, -0.25) is 9.59 Å². The van der Waals surface area contributed by atoms with E-state index in [9.17, 15) is 9.59 Å². The molecule has 1 aromatic carbocycles. The first-order chi connectivity index (χ1) is 12.0. The van der Waals surface area contributed by atoms with E-state index < -0.39 is 0 Å². The smallest absolute Gasteiger partial charge is 0.256 e. The van der Waals surface area contributed by atoms with E-state index in [1.165, 1.54) is 11.3 Å².